The number of hydrogen-bond donors (Lipinski definition) is 1. The van der Waals surface area contributed by atoms with E-state index in [2.05, 4.69) is 11.0 Å². The third-order valence-corrected chi connectivity index (χ3v) is 3.90. The molecule has 4 heteroatoms. The molecular formula is C13H16N2OS. The molecule has 0 saturated carbocycles. The molecule has 1 aliphatic rings. The first-order valence-corrected chi connectivity index (χ1v) is 6.93. The van der Waals surface area contributed by atoms with E-state index in [9.17, 15) is 5.11 Å². The Morgan fingerprint density at radius 2 is 1.94 bits per heavy atom. The van der Waals surface area contributed by atoms with Crippen LogP contribution in [0.2, 0.25) is 0 Å². The normalized spacial score (nSPS) is 18.6. The summed E-state index contributed by atoms with van der Waals surface area (Å²) in [7, 11) is 0. The predicted octanol–water partition coefficient (Wildman–Crippen LogP) is 1.64. The van der Waals surface area contributed by atoms with Gasteiger partial charge in [0, 0.05) is 31.1 Å². The Morgan fingerprint density at radius 1 is 1.29 bits per heavy atom. The predicted molar refractivity (Wildman–Crippen MR) is 69.9 cm³/mol. The van der Waals surface area contributed by atoms with Crippen LogP contribution in [-0.2, 0) is 0 Å². The third kappa shape index (κ3) is 3.47. The van der Waals surface area contributed by atoms with Gasteiger partial charge in [-0.2, -0.15) is 17.0 Å². The maximum atomic E-state index is 10.1. The van der Waals surface area contributed by atoms with E-state index in [0.717, 1.165) is 30.2 Å². The van der Waals surface area contributed by atoms with Gasteiger partial charge >= 0.3 is 0 Å². The van der Waals surface area contributed by atoms with E-state index in [1.807, 2.05) is 23.9 Å². The van der Waals surface area contributed by atoms with Crippen LogP contribution < -0.4 is 0 Å². The zero-order chi connectivity index (χ0) is 12.1. The molecule has 1 aromatic rings. The fraction of sp³-hybridized carbons (Fsp3) is 0.462. The van der Waals surface area contributed by atoms with E-state index >= 15 is 0 Å². The number of nitrogens with zero attached hydrogens (tertiary/aromatic N) is 2. The van der Waals surface area contributed by atoms with Crippen LogP contribution in [0.4, 0.5) is 0 Å². The number of β-amino-alcohol motifs (C(OH)–C–C–N with tert-alkyl or cyclic N) is 1. The van der Waals surface area contributed by atoms with Crippen LogP contribution in [0.15, 0.2) is 24.3 Å². The summed E-state index contributed by atoms with van der Waals surface area (Å²) in [4.78, 5) is 2.29. The Bertz CT molecular complexity index is 393. The number of rotatable bonds is 3. The molecule has 1 atom stereocenters. The highest BCUT2D eigenvalue weighted by Crippen LogP contribution is 2.17. The Labute approximate surface area is 106 Å². The molecule has 1 aliphatic heterocycles. The summed E-state index contributed by atoms with van der Waals surface area (Å²) >= 11 is 1.97. The number of aliphatic hydroxyl groups excluding tert-OH is 1. The lowest BCUT2D eigenvalue weighted by atomic mass is 10.1. The molecule has 3 nitrogen and oxygen atoms in total. The van der Waals surface area contributed by atoms with Crippen LogP contribution in [0.1, 0.15) is 17.2 Å². The molecule has 0 aliphatic carbocycles. The van der Waals surface area contributed by atoms with E-state index in [-0.39, 0.29) is 0 Å². The average molecular weight is 248 g/mol. The first-order chi connectivity index (χ1) is 8.29. The number of benzene rings is 1. The van der Waals surface area contributed by atoms with Crippen molar-refractivity contribution in [2.24, 2.45) is 0 Å². The molecule has 2 rings (SSSR count). The lowest BCUT2D eigenvalue weighted by Gasteiger charge is -2.28. The van der Waals surface area contributed by atoms with E-state index < -0.39 is 6.10 Å². The summed E-state index contributed by atoms with van der Waals surface area (Å²) < 4.78 is 0. The SMILES string of the molecule is N#Cc1ccc(C(O)CN2CCSCC2)cc1. The standard InChI is InChI=1S/C13H16N2OS/c14-9-11-1-3-12(4-2-11)13(16)10-15-5-7-17-8-6-15/h1-4,13,16H,5-8,10H2. The third-order valence-electron chi connectivity index (χ3n) is 2.96. The van der Waals surface area contributed by atoms with Gasteiger partial charge in [0.1, 0.15) is 0 Å². The summed E-state index contributed by atoms with van der Waals surface area (Å²) in [5.41, 5.74) is 1.53. The van der Waals surface area contributed by atoms with Gasteiger partial charge in [0.05, 0.1) is 17.7 Å². The Kier molecular flexibility index (Phi) is 4.43. The van der Waals surface area contributed by atoms with Crippen molar-refractivity contribution in [3.8, 4) is 6.07 Å². The summed E-state index contributed by atoms with van der Waals surface area (Å²) in [6.45, 7) is 2.79. The van der Waals surface area contributed by atoms with E-state index in [1.165, 1.54) is 0 Å². The Hall–Kier alpha value is -1.02. The minimum atomic E-state index is -0.453. The van der Waals surface area contributed by atoms with Gasteiger partial charge in [-0.3, -0.25) is 4.90 Å². The van der Waals surface area contributed by atoms with E-state index in [0.29, 0.717) is 12.1 Å². The second kappa shape index (κ2) is 6.06. The van der Waals surface area contributed by atoms with Crippen LogP contribution in [-0.4, -0.2) is 41.1 Å². The smallest absolute Gasteiger partial charge is 0.0991 e. The topological polar surface area (TPSA) is 47.3 Å². The van der Waals surface area contributed by atoms with Crippen molar-refractivity contribution < 1.29 is 5.11 Å². The molecule has 1 fully saturated rings. The van der Waals surface area contributed by atoms with Crippen LogP contribution in [0.3, 0.4) is 0 Å². The Morgan fingerprint density at radius 3 is 2.53 bits per heavy atom. The minimum absolute atomic E-state index is 0.453. The number of thioether (sulfide) groups is 1. The van der Waals surface area contributed by atoms with E-state index in [4.69, 9.17) is 5.26 Å². The second-order valence-corrected chi connectivity index (χ2v) is 5.39. The van der Waals surface area contributed by atoms with Crippen molar-refractivity contribution in [1.29, 1.82) is 5.26 Å². The molecule has 90 valence electrons. The van der Waals surface area contributed by atoms with Gasteiger partial charge in [0.15, 0.2) is 0 Å². The molecule has 1 saturated heterocycles. The summed E-state index contributed by atoms with van der Waals surface area (Å²) in [6.07, 6.45) is -0.453. The van der Waals surface area contributed by atoms with Gasteiger partial charge in [0.25, 0.3) is 0 Å². The highest BCUT2D eigenvalue weighted by atomic mass is 32.2. The molecule has 0 aromatic heterocycles. The van der Waals surface area contributed by atoms with Gasteiger partial charge in [0.2, 0.25) is 0 Å². The maximum absolute atomic E-state index is 10.1. The molecule has 0 spiro atoms. The summed E-state index contributed by atoms with van der Waals surface area (Å²) in [5, 5.41) is 18.8. The highest BCUT2D eigenvalue weighted by molar-refractivity contribution is 7.99. The number of aliphatic hydroxyl groups is 1. The van der Waals surface area contributed by atoms with E-state index in [1.54, 1.807) is 12.1 Å². The largest absolute Gasteiger partial charge is 0.387 e. The van der Waals surface area contributed by atoms with Gasteiger partial charge in [-0.05, 0) is 17.7 Å². The summed E-state index contributed by atoms with van der Waals surface area (Å²) in [6, 6.07) is 9.26. The quantitative estimate of drug-likeness (QED) is 0.883. The van der Waals surface area contributed by atoms with Gasteiger partial charge in [-0.25, -0.2) is 0 Å². The maximum Gasteiger partial charge on any atom is 0.0991 e. The fourth-order valence-electron chi connectivity index (χ4n) is 1.91. The van der Waals surface area contributed by atoms with Crippen molar-refractivity contribution in [1.82, 2.24) is 4.90 Å². The first kappa shape index (κ1) is 12.4. The zero-order valence-corrected chi connectivity index (χ0v) is 10.5. The number of nitriles is 1. The van der Waals surface area contributed by atoms with Crippen molar-refractivity contribution in [2.75, 3.05) is 31.1 Å². The second-order valence-electron chi connectivity index (χ2n) is 4.16. The Balaban J connectivity index is 1.94. The molecule has 1 N–H and O–H groups in total. The molecule has 1 unspecified atom stereocenters. The van der Waals surface area contributed by atoms with Crippen molar-refractivity contribution in [3.63, 3.8) is 0 Å². The number of hydrogen-bond acceptors (Lipinski definition) is 4. The molecule has 0 radical (unpaired) electrons. The van der Waals surface area contributed by atoms with Crippen molar-refractivity contribution in [2.45, 2.75) is 6.10 Å². The van der Waals surface area contributed by atoms with Gasteiger partial charge in [-0.1, -0.05) is 12.1 Å². The monoisotopic (exact) mass is 248 g/mol. The molecule has 0 bridgehead atoms. The van der Waals surface area contributed by atoms with Crippen molar-refractivity contribution in [3.05, 3.63) is 35.4 Å². The zero-order valence-electron chi connectivity index (χ0n) is 9.67. The lowest BCUT2D eigenvalue weighted by molar-refractivity contribution is 0.119. The van der Waals surface area contributed by atoms with Gasteiger partial charge < -0.3 is 5.11 Å². The van der Waals surface area contributed by atoms with Gasteiger partial charge in [-0.15, -0.1) is 0 Å². The minimum Gasteiger partial charge on any atom is -0.387 e. The van der Waals surface area contributed by atoms with Crippen molar-refractivity contribution >= 4 is 11.8 Å². The lowest BCUT2D eigenvalue weighted by Crippen LogP contribution is -2.35. The molecular weight excluding hydrogens is 232 g/mol. The van der Waals surface area contributed by atoms with Crippen LogP contribution in [0, 0.1) is 11.3 Å². The highest BCUT2D eigenvalue weighted by Gasteiger charge is 2.15. The molecule has 1 aromatic carbocycles. The molecule has 0 amide bonds. The molecule has 17 heavy (non-hydrogen) atoms. The van der Waals surface area contributed by atoms with Crippen LogP contribution in [0.5, 0.6) is 0 Å². The summed E-state index contributed by atoms with van der Waals surface area (Å²) in [5.74, 6) is 2.31. The first-order valence-electron chi connectivity index (χ1n) is 5.78. The fourth-order valence-corrected chi connectivity index (χ4v) is 2.89. The average Bonchev–Trinajstić information content (AvgIpc) is 2.40. The van der Waals surface area contributed by atoms with Crippen LogP contribution >= 0.6 is 11.8 Å². The van der Waals surface area contributed by atoms with Crippen LogP contribution in [0.25, 0.3) is 0 Å². The molecule has 1 heterocycles.